The Morgan fingerprint density at radius 3 is 2.00 bits per heavy atom. The monoisotopic (exact) mass is 528 g/mol. The lowest BCUT2D eigenvalue weighted by Gasteiger charge is -2.38. The van der Waals surface area contributed by atoms with E-state index < -0.39 is 38.5 Å². The summed E-state index contributed by atoms with van der Waals surface area (Å²) >= 11 is 0. The highest BCUT2D eigenvalue weighted by atomic mass is 32.2. The van der Waals surface area contributed by atoms with E-state index in [0.717, 1.165) is 8.61 Å². The number of carbonyl (C=O) groups excluding carboxylic acids is 1. The van der Waals surface area contributed by atoms with E-state index in [2.05, 4.69) is 10.5 Å². The summed E-state index contributed by atoms with van der Waals surface area (Å²) in [5.41, 5.74) is 2.62. The van der Waals surface area contributed by atoms with Crippen LogP contribution in [0, 0.1) is 0 Å². The summed E-state index contributed by atoms with van der Waals surface area (Å²) in [6.07, 6.45) is 1.21. The molecule has 0 saturated carbocycles. The first kappa shape index (κ1) is 25.5. The van der Waals surface area contributed by atoms with Crippen molar-refractivity contribution in [3.8, 4) is 5.75 Å². The van der Waals surface area contributed by atoms with Gasteiger partial charge in [0.2, 0.25) is 20.0 Å². The van der Waals surface area contributed by atoms with Crippen LogP contribution in [0.3, 0.4) is 0 Å². The van der Waals surface area contributed by atoms with E-state index in [9.17, 15) is 26.7 Å². The van der Waals surface area contributed by atoms with Crippen LogP contribution in [0.1, 0.15) is 5.56 Å². The average Bonchev–Trinajstić information content (AvgIpc) is 2.90. The summed E-state index contributed by atoms with van der Waals surface area (Å²) in [5, 5.41) is 13.7. The van der Waals surface area contributed by atoms with Gasteiger partial charge in [0.05, 0.1) is 16.0 Å². The van der Waals surface area contributed by atoms with Crippen LogP contribution in [0.5, 0.6) is 5.75 Å². The van der Waals surface area contributed by atoms with Gasteiger partial charge in [-0.25, -0.2) is 22.3 Å². The lowest BCUT2D eigenvalue weighted by atomic mass is 10.2. The molecule has 0 spiro atoms. The molecule has 0 aromatic heterocycles. The fraction of sp³-hybridized carbons (Fsp3) is 0.167. The molecule has 1 aliphatic rings. The number of hydrogen-bond acceptors (Lipinski definition) is 7. The predicted molar refractivity (Wildman–Crippen MR) is 133 cm³/mol. The molecule has 0 bridgehead atoms. The van der Waals surface area contributed by atoms with Gasteiger partial charge in [-0.2, -0.15) is 13.7 Å². The second-order valence-corrected chi connectivity index (χ2v) is 11.7. The Morgan fingerprint density at radius 1 is 0.833 bits per heavy atom. The Hall–Kier alpha value is -3.58. The molecule has 0 unspecified atom stereocenters. The van der Waals surface area contributed by atoms with Gasteiger partial charge in [0.1, 0.15) is 11.8 Å². The third-order valence-corrected chi connectivity index (χ3v) is 9.44. The molecule has 3 aromatic rings. The van der Waals surface area contributed by atoms with E-state index in [1.165, 1.54) is 36.5 Å². The lowest BCUT2D eigenvalue weighted by molar-refractivity contribution is -0.125. The summed E-state index contributed by atoms with van der Waals surface area (Å²) in [6.45, 7) is -0.764. The molecule has 36 heavy (non-hydrogen) atoms. The molecule has 12 heteroatoms. The average molecular weight is 529 g/mol. The Labute approximate surface area is 209 Å². The van der Waals surface area contributed by atoms with Gasteiger partial charge < -0.3 is 5.11 Å². The molecule has 2 N–H and O–H groups in total. The zero-order valence-electron chi connectivity index (χ0n) is 19.0. The van der Waals surface area contributed by atoms with E-state index in [-0.39, 0.29) is 28.6 Å². The maximum Gasteiger partial charge on any atom is 0.259 e. The maximum absolute atomic E-state index is 13.4. The number of hydrogen-bond donors (Lipinski definition) is 2. The fourth-order valence-electron chi connectivity index (χ4n) is 3.77. The maximum atomic E-state index is 13.4. The molecule has 0 aliphatic carbocycles. The molecule has 3 aromatic carbocycles. The SMILES string of the molecule is O=C(N/N=C/c1ccccc1O)[C@H]1CN(S(=O)(=O)c2ccccc2)CCN1S(=O)(=O)c1ccccc1. The second-order valence-electron chi connectivity index (χ2n) is 7.91. The van der Waals surface area contributed by atoms with E-state index >= 15 is 0 Å². The number of aromatic hydroxyl groups is 1. The Balaban J connectivity index is 1.63. The first-order chi connectivity index (χ1) is 17.2. The zero-order valence-corrected chi connectivity index (χ0v) is 20.6. The molecule has 1 heterocycles. The van der Waals surface area contributed by atoms with Crippen LogP contribution < -0.4 is 5.43 Å². The number of phenolic OH excluding ortho intramolecular Hbond substituents is 1. The van der Waals surface area contributed by atoms with Gasteiger partial charge in [0.25, 0.3) is 5.91 Å². The second kappa shape index (κ2) is 10.6. The van der Waals surface area contributed by atoms with Crippen molar-refractivity contribution in [1.29, 1.82) is 0 Å². The summed E-state index contributed by atoms with van der Waals surface area (Å²) in [5.74, 6) is -0.865. The van der Waals surface area contributed by atoms with Crippen molar-refractivity contribution >= 4 is 32.2 Å². The molecule has 4 rings (SSSR count). The van der Waals surface area contributed by atoms with E-state index in [4.69, 9.17) is 0 Å². The number of phenols is 1. The number of hydrazone groups is 1. The van der Waals surface area contributed by atoms with Crippen molar-refractivity contribution < 1.29 is 26.7 Å². The summed E-state index contributed by atoms with van der Waals surface area (Å²) in [4.78, 5) is 13.2. The van der Waals surface area contributed by atoms with Gasteiger partial charge in [-0.05, 0) is 36.4 Å². The van der Waals surface area contributed by atoms with Crippen LogP contribution >= 0.6 is 0 Å². The molecule has 10 nitrogen and oxygen atoms in total. The minimum Gasteiger partial charge on any atom is -0.507 e. The van der Waals surface area contributed by atoms with Crippen LogP contribution in [0.4, 0.5) is 0 Å². The smallest absolute Gasteiger partial charge is 0.259 e. The van der Waals surface area contributed by atoms with Gasteiger partial charge in [-0.15, -0.1) is 0 Å². The number of rotatable bonds is 7. The first-order valence-electron chi connectivity index (χ1n) is 10.9. The Bertz CT molecular complexity index is 1460. The van der Waals surface area contributed by atoms with Gasteiger partial charge in [0.15, 0.2) is 0 Å². The largest absolute Gasteiger partial charge is 0.507 e. The fourth-order valence-corrected chi connectivity index (χ4v) is 6.82. The van der Waals surface area contributed by atoms with Crippen LogP contribution in [-0.2, 0) is 24.8 Å². The third kappa shape index (κ3) is 5.31. The number of amides is 1. The van der Waals surface area contributed by atoms with Crippen molar-refractivity contribution in [2.24, 2.45) is 5.10 Å². The zero-order chi connectivity index (χ0) is 25.8. The number of nitrogens with one attached hydrogen (secondary N) is 1. The molecule has 1 fully saturated rings. The van der Waals surface area contributed by atoms with Crippen molar-refractivity contribution in [3.63, 3.8) is 0 Å². The highest BCUT2D eigenvalue weighted by molar-refractivity contribution is 7.89. The van der Waals surface area contributed by atoms with Gasteiger partial charge >= 0.3 is 0 Å². The molecular formula is C24H24N4O6S2. The van der Waals surface area contributed by atoms with E-state index in [1.807, 2.05) is 0 Å². The number of sulfonamides is 2. The quantitative estimate of drug-likeness (QED) is 0.353. The van der Waals surface area contributed by atoms with Crippen LogP contribution in [0.15, 0.2) is 99.8 Å². The number of piperazine rings is 1. The van der Waals surface area contributed by atoms with Crippen molar-refractivity contribution in [2.45, 2.75) is 15.8 Å². The van der Waals surface area contributed by atoms with Crippen LogP contribution in [-0.4, -0.2) is 68.4 Å². The molecule has 188 valence electrons. The summed E-state index contributed by atoms with van der Waals surface area (Å²) in [7, 11) is -8.09. The standard InChI is InChI=1S/C24H24N4O6S2/c29-23-14-8-7-9-19(23)17-25-26-24(30)22-18-27(35(31,32)20-10-3-1-4-11-20)15-16-28(22)36(33,34)21-12-5-2-6-13-21/h1-14,17,22,29H,15-16,18H2,(H,26,30)/b25-17+/t22-/m1/s1. The van der Waals surface area contributed by atoms with Crippen molar-refractivity contribution in [1.82, 2.24) is 14.0 Å². The van der Waals surface area contributed by atoms with Gasteiger partial charge in [0, 0.05) is 25.2 Å². The number of para-hydroxylation sites is 1. The number of benzene rings is 3. The van der Waals surface area contributed by atoms with Crippen LogP contribution in [0.25, 0.3) is 0 Å². The number of nitrogens with zero attached hydrogens (tertiary/aromatic N) is 3. The molecule has 1 saturated heterocycles. The minimum absolute atomic E-state index is 0.0140. The third-order valence-electron chi connectivity index (χ3n) is 5.64. The van der Waals surface area contributed by atoms with Gasteiger partial charge in [-0.1, -0.05) is 48.5 Å². The van der Waals surface area contributed by atoms with Crippen LogP contribution in [0.2, 0.25) is 0 Å². The predicted octanol–water partition coefficient (Wildman–Crippen LogP) is 1.61. The van der Waals surface area contributed by atoms with E-state index in [1.54, 1.807) is 54.6 Å². The Kier molecular flexibility index (Phi) is 7.50. The summed E-state index contributed by atoms with van der Waals surface area (Å²) in [6, 6.07) is 20.3. The molecule has 0 radical (unpaired) electrons. The topological polar surface area (TPSA) is 136 Å². The number of carbonyl (C=O) groups is 1. The molecule has 1 atom stereocenters. The van der Waals surface area contributed by atoms with E-state index in [0.29, 0.717) is 5.56 Å². The first-order valence-corrected chi connectivity index (χ1v) is 13.8. The lowest BCUT2D eigenvalue weighted by Crippen LogP contribution is -2.60. The summed E-state index contributed by atoms with van der Waals surface area (Å²) < 4.78 is 55.2. The highest BCUT2D eigenvalue weighted by Gasteiger charge is 2.43. The normalized spacial score (nSPS) is 17.7. The van der Waals surface area contributed by atoms with Crippen molar-refractivity contribution in [3.05, 3.63) is 90.5 Å². The highest BCUT2D eigenvalue weighted by Crippen LogP contribution is 2.25. The molecular weight excluding hydrogens is 504 g/mol. The van der Waals surface area contributed by atoms with Gasteiger partial charge in [-0.3, -0.25) is 4.79 Å². The minimum atomic E-state index is -4.11. The molecule has 1 amide bonds. The molecule has 1 aliphatic heterocycles. The van der Waals surface area contributed by atoms with Crippen molar-refractivity contribution in [2.75, 3.05) is 19.6 Å². The Morgan fingerprint density at radius 2 is 1.39 bits per heavy atom.